The van der Waals surface area contributed by atoms with Crippen LogP contribution in [0.15, 0.2) is 18.2 Å². The van der Waals surface area contributed by atoms with E-state index in [9.17, 15) is 23.5 Å². The first kappa shape index (κ1) is 14.9. The van der Waals surface area contributed by atoms with Crippen LogP contribution < -0.4 is 0 Å². The largest absolute Gasteiger partial charge is 0.480 e. The van der Waals surface area contributed by atoms with Crippen molar-refractivity contribution in [2.45, 2.75) is 44.2 Å². The topological polar surface area (TPSA) is 57.6 Å². The number of amides is 1. The van der Waals surface area contributed by atoms with Crippen LogP contribution in [0.4, 0.5) is 8.78 Å². The van der Waals surface area contributed by atoms with Gasteiger partial charge in [0.1, 0.15) is 17.7 Å². The van der Waals surface area contributed by atoms with Gasteiger partial charge in [0.2, 0.25) is 0 Å². The Kier molecular flexibility index (Phi) is 3.85. The number of halogens is 2. The maximum atomic E-state index is 13.9. The Morgan fingerprint density at radius 2 is 1.91 bits per heavy atom. The molecule has 0 aromatic heterocycles. The summed E-state index contributed by atoms with van der Waals surface area (Å²) in [5.74, 6) is -3.21. The van der Waals surface area contributed by atoms with Gasteiger partial charge in [0.25, 0.3) is 5.91 Å². The average Bonchev–Trinajstić information content (AvgIpc) is 2.88. The maximum absolute atomic E-state index is 13.9. The number of carboxylic acids is 1. The van der Waals surface area contributed by atoms with E-state index >= 15 is 0 Å². The number of benzene rings is 1. The van der Waals surface area contributed by atoms with Gasteiger partial charge >= 0.3 is 5.97 Å². The maximum Gasteiger partial charge on any atom is 0.326 e. The fourth-order valence-corrected chi connectivity index (χ4v) is 3.77. The number of carbonyl (C=O) groups is 2. The van der Waals surface area contributed by atoms with Crippen LogP contribution >= 0.6 is 0 Å². The highest BCUT2D eigenvalue weighted by atomic mass is 19.1. The van der Waals surface area contributed by atoms with Crippen molar-refractivity contribution < 1.29 is 23.5 Å². The summed E-state index contributed by atoms with van der Waals surface area (Å²) in [7, 11) is 0. The lowest BCUT2D eigenvalue weighted by molar-refractivity contribution is -0.141. The van der Waals surface area contributed by atoms with Crippen molar-refractivity contribution in [1.82, 2.24) is 4.90 Å². The zero-order valence-electron chi connectivity index (χ0n) is 12.0. The molecule has 4 nitrogen and oxygen atoms in total. The van der Waals surface area contributed by atoms with Gasteiger partial charge in [-0.3, -0.25) is 4.79 Å². The van der Waals surface area contributed by atoms with Crippen molar-refractivity contribution in [2.75, 3.05) is 0 Å². The highest BCUT2D eigenvalue weighted by Crippen LogP contribution is 2.40. The van der Waals surface area contributed by atoms with Gasteiger partial charge in [0.05, 0.1) is 5.56 Å². The normalized spacial score (nSPS) is 27.5. The van der Waals surface area contributed by atoms with Gasteiger partial charge in [0, 0.05) is 6.04 Å². The van der Waals surface area contributed by atoms with E-state index in [1.54, 1.807) is 0 Å². The SMILES string of the molecule is O=C(O)[C@@H]1C[C@@H]2CCCC[C@@H]2N1C(=O)c1cc(F)ccc1F. The first-order valence-corrected chi connectivity index (χ1v) is 7.49. The van der Waals surface area contributed by atoms with E-state index in [0.717, 1.165) is 43.9 Å². The predicted molar refractivity (Wildman–Crippen MR) is 74.3 cm³/mol. The fourth-order valence-electron chi connectivity index (χ4n) is 3.77. The molecular weight excluding hydrogens is 292 g/mol. The summed E-state index contributed by atoms with van der Waals surface area (Å²) in [4.78, 5) is 25.4. The molecule has 1 saturated carbocycles. The van der Waals surface area contributed by atoms with E-state index in [2.05, 4.69) is 0 Å². The first-order chi connectivity index (χ1) is 10.5. The molecular formula is C16H17F2NO3. The van der Waals surface area contributed by atoms with Gasteiger partial charge in [-0.1, -0.05) is 12.8 Å². The van der Waals surface area contributed by atoms with Gasteiger partial charge in [-0.25, -0.2) is 13.6 Å². The van der Waals surface area contributed by atoms with E-state index in [-0.39, 0.29) is 12.0 Å². The number of hydrogen-bond acceptors (Lipinski definition) is 2. The Labute approximate surface area is 126 Å². The zero-order valence-corrected chi connectivity index (χ0v) is 12.0. The van der Waals surface area contributed by atoms with Crippen molar-refractivity contribution in [3.63, 3.8) is 0 Å². The zero-order chi connectivity index (χ0) is 15.9. The molecule has 0 spiro atoms. The van der Waals surface area contributed by atoms with E-state index in [0.29, 0.717) is 6.42 Å². The van der Waals surface area contributed by atoms with Crippen molar-refractivity contribution in [1.29, 1.82) is 0 Å². The molecule has 0 bridgehead atoms. The van der Waals surface area contributed by atoms with Crippen LogP contribution in [-0.2, 0) is 4.79 Å². The summed E-state index contributed by atoms with van der Waals surface area (Å²) in [5.41, 5.74) is -0.391. The lowest BCUT2D eigenvalue weighted by Crippen LogP contribution is -2.46. The molecule has 3 rings (SSSR count). The number of carboxylic acid groups (broad SMARTS) is 1. The molecule has 22 heavy (non-hydrogen) atoms. The monoisotopic (exact) mass is 309 g/mol. The van der Waals surface area contributed by atoms with Gasteiger partial charge in [0.15, 0.2) is 0 Å². The van der Waals surface area contributed by atoms with Crippen LogP contribution in [0.1, 0.15) is 42.5 Å². The smallest absolute Gasteiger partial charge is 0.326 e. The number of rotatable bonds is 2. The summed E-state index contributed by atoms with van der Waals surface area (Å²) < 4.78 is 27.2. The second kappa shape index (κ2) is 5.66. The second-order valence-electron chi connectivity index (χ2n) is 6.04. The Balaban J connectivity index is 1.97. The number of hydrogen-bond donors (Lipinski definition) is 1. The molecule has 1 aliphatic carbocycles. The van der Waals surface area contributed by atoms with Gasteiger partial charge in [-0.15, -0.1) is 0 Å². The molecule has 1 aromatic rings. The van der Waals surface area contributed by atoms with Crippen LogP contribution in [0.25, 0.3) is 0 Å². The molecule has 2 fully saturated rings. The van der Waals surface area contributed by atoms with Crippen molar-refractivity contribution in [2.24, 2.45) is 5.92 Å². The van der Waals surface area contributed by atoms with Crippen molar-refractivity contribution >= 4 is 11.9 Å². The lowest BCUT2D eigenvalue weighted by atomic mass is 9.84. The number of aliphatic carboxylic acids is 1. The molecule has 1 amide bonds. The standard InChI is InChI=1S/C16H17F2NO3/c17-10-5-6-12(18)11(8-10)15(20)19-13-4-2-1-3-9(13)7-14(19)16(21)22/h5-6,8-9,13-14H,1-4,7H2,(H,21,22)/t9-,13-,14-/m0/s1. The summed E-state index contributed by atoms with van der Waals surface area (Å²) in [5, 5.41) is 9.39. The molecule has 1 aromatic carbocycles. The molecule has 1 N–H and O–H groups in total. The van der Waals surface area contributed by atoms with E-state index in [4.69, 9.17) is 0 Å². The molecule has 3 atom stereocenters. The van der Waals surface area contributed by atoms with Gasteiger partial charge in [-0.2, -0.15) is 0 Å². The van der Waals surface area contributed by atoms with Crippen LogP contribution in [-0.4, -0.2) is 34.0 Å². The predicted octanol–water partition coefficient (Wildman–Crippen LogP) is 2.82. The first-order valence-electron chi connectivity index (χ1n) is 7.49. The number of carbonyl (C=O) groups excluding carboxylic acids is 1. The molecule has 6 heteroatoms. The Bertz CT molecular complexity index is 619. The molecule has 0 unspecified atom stereocenters. The minimum absolute atomic E-state index is 0.135. The Morgan fingerprint density at radius 3 is 2.64 bits per heavy atom. The highest BCUT2D eigenvalue weighted by molar-refractivity contribution is 5.97. The van der Waals surface area contributed by atoms with Crippen LogP contribution in [0.5, 0.6) is 0 Å². The number of likely N-dealkylation sites (tertiary alicyclic amines) is 1. The van der Waals surface area contributed by atoms with Crippen LogP contribution in [0.3, 0.4) is 0 Å². The summed E-state index contributed by atoms with van der Waals surface area (Å²) in [6.45, 7) is 0. The Morgan fingerprint density at radius 1 is 1.18 bits per heavy atom. The molecule has 1 saturated heterocycles. The van der Waals surface area contributed by atoms with E-state index in [1.165, 1.54) is 4.90 Å². The minimum atomic E-state index is -1.08. The highest BCUT2D eigenvalue weighted by Gasteiger charge is 2.48. The third-order valence-electron chi connectivity index (χ3n) is 4.77. The van der Waals surface area contributed by atoms with Gasteiger partial charge < -0.3 is 10.0 Å². The molecule has 1 aliphatic heterocycles. The second-order valence-corrected chi connectivity index (χ2v) is 6.04. The lowest BCUT2D eigenvalue weighted by Gasteiger charge is -2.33. The molecule has 2 aliphatic rings. The molecule has 1 heterocycles. The van der Waals surface area contributed by atoms with E-state index < -0.39 is 35.1 Å². The summed E-state index contributed by atoms with van der Waals surface area (Å²) in [6, 6.07) is 1.53. The summed E-state index contributed by atoms with van der Waals surface area (Å²) in [6.07, 6.45) is 3.93. The quantitative estimate of drug-likeness (QED) is 0.914. The van der Waals surface area contributed by atoms with Crippen molar-refractivity contribution in [3.8, 4) is 0 Å². The third kappa shape index (κ3) is 2.46. The number of nitrogens with zero attached hydrogens (tertiary/aromatic N) is 1. The third-order valence-corrected chi connectivity index (χ3v) is 4.77. The minimum Gasteiger partial charge on any atom is -0.480 e. The van der Waals surface area contributed by atoms with Gasteiger partial charge in [-0.05, 0) is 43.4 Å². The molecule has 0 radical (unpaired) electrons. The van der Waals surface area contributed by atoms with Crippen LogP contribution in [0, 0.1) is 17.6 Å². The average molecular weight is 309 g/mol. The molecule has 118 valence electrons. The number of fused-ring (bicyclic) bond motifs is 1. The fraction of sp³-hybridized carbons (Fsp3) is 0.500. The summed E-state index contributed by atoms with van der Waals surface area (Å²) >= 11 is 0. The Hall–Kier alpha value is -1.98. The van der Waals surface area contributed by atoms with Crippen molar-refractivity contribution in [3.05, 3.63) is 35.4 Å². The van der Waals surface area contributed by atoms with Crippen LogP contribution in [0.2, 0.25) is 0 Å². The van der Waals surface area contributed by atoms with E-state index in [1.807, 2.05) is 0 Å².